The molecule has 1 aromatic carbocycles. The number of amides is 1. The second kappa shape index (κ2) is 5.35. The van der Waals surface area contributed by atoms with Gasteiger partial charge in [-0.3, -0.25) is 4.79 Å². The number of aryl methyl sites for hydroxylation is 1. The van der Waals surface area contributed by atoms with Crippen molar-refractivity contribution in [3.63, 3.8) is 0 Å². The van der Waals surface area contributed by atoms with Gasteiger partial charge in [-0.05, 0) is 30.4 Å². The van der Waals surface area contributed by atoms with E-state index in [2.05, 4.69) is 33.0 Å². The number of carbonyl (C=O) groups excluding carboxylic acids is 1. The minimum Gasteiger partial charge on any atom is -0.353 e. The Balaban J connectivity index is 2.60. The topological polar surface area (TPSA) is 29.1 Å². The number of benzene rings is 1. The van der Waals surface area contributed by atoms with Gasteiger partial charge in [-0.15, -0.1) is 0 Å². The van der Waals surface area contributed by atoms with Gasteiger partial charge in [-0.1, -0.05) is 45.0 Å². The summed E-state index contributed by atoms with van der Waals surface area (Å²) in [5.74, 6) is 0.0988. The third-order valence-corrected chi connectivity index (χ3v) is 3.29. The highest BCUT2D eigenvalue weighted by atomic mass is 16.1. The molecule has 0 spiro atoms. The van der Waals surface area contributed by atoms with Crippen LogP contribution < -0.4 is 5.32 Å². The number of nitrogens with one attached hydrogen (secondary N) is 1. The summed E-state index contributed by atoms with van der Waals surface area (Å²) in [6.45, 7) is 10.5. The molecule has 1 rings (SSSR count). The minimum atomic E-state index is 0.0986. The van der Waals surface area contributed by atoms with Crippen molar-refractivity contribution in [1.29, 1.82) is 0 Å². The summed E-state index contributed by atoms with van der Waals surface area (Å²) in [5.41, 5.74) is 2.37. The van der Waals surface area contributed by atoms with E-state index in [9.17, 15) is 4.79 Å². The second-order valence-corrected chi connectivity index (χ2v) is 5.76. The molecule has 0 radical (unpaired) electrons. The fourth-order valence-electron chi connectivity index (χ4n) is 1.49. The monoisotopic (exact) mass is 233 g/mol. The van der Waals surface area contributed by atoms with Gasteiger partial charge in [-0.25, -0.2) is 0 Å². The van der Waals surface area contributed by atoms with Gasteiger partial charge in [0, 0.05) is 6.04 Å². The molecule has 0 aliphatic rings. The highest BCUT2D eigenvalue weighted by Gasteiger charge is 2.21. The average Bonchev–Trinajstić information content (AvgIpc) is 2.20. The lowest BCUT2D eigenvalue weighted by atomic mass is 9.88. The van der Waals surface area contributed by atoms with Gasteiger partial charge < -0.3 is 5.32 Å². The van der Waals surface area contributed by atoms with Gasteiger partial charge >= 0.3 is 0 Å². The number of hydrogen-bond acceptors (Lipinski definition) is 1. The van der Waals surface area contributed by atoms with E-state index in [1.165, 1.54) is 5.56 Å². The maximum Gasteiger partial charge on any atom is 0.224 e. The van der Waals surface area contributed by atoms with E-state index in [0.29, 0.717) is 6.42 Å². The Labute approximate surface area is 104 Å². The van der Waals surface area contributed by atoms with Crippen LogP contribution in [-0.2, 0) is 11.2 Å². The van der Waals surface area contributed by atoms with E-state index in [-0.39, 0.29) is 17.4 Å². The van der Waals surface area contributed by atoms with Crippen molar-refractivity contribution < 1.29 is 4.79 Å². The molecule has 2 heteroatoms. The second-order valence-electron chi connectivity index (χ2n) is 5.76. The van der Waals surface area contributed by atoms with Crippen LogP contribution in [0.25, 0.3) is 0 Å². The summed E-state index contributed by atoms with van der Waals surface area (Å²) in [5, 5.41) is 3.06. The summed E-state index contributed by atoms with van der Waals surface area (Å²) in [7, 11) is 0. The van der Waals surface area contributed by atoms with E-state index < -0.39 is 0 Å². The van der Waals surface area contributed by atoms with E-state index in [0.717, 1.165) is 5.56 Å². The van der Waals surface area contributed by atoms with Crippen LogP contribution in [0.4, 0.5) is 0 Å². The third-order valence-electron chi connectivity index (χ3n) is 3.29. The number of rotatable bonds is 3. The van der Waals surface area contributed by atoms with Crippen LogP contribution in [0.15, 0.2) is 24.3 Å². The summed E-state index contributed by atoms with van der Waals surface area (Å²) >= 11 is 0. The molecule has 1 amide bonds. The van der Waals surface area contributed by atoms with Crippen molar-refractivity contribution in [2.24, 2.45) is 5.41 Å². The quantitative estimate of drug-likeness (QED) is 0.854. The molecule has 94 valence electrons. The van der Waals surface area contributed by atoms with Crippen LogP contribution >= 0.6 is 0 Å². The first-order valence-corrected chi connectivity index (χ1v) is 6.14. The van der Waals surface area contributed by atoms with E-state index in [1.54, 1.807) is 0 Å². The normalized spacial score (nSPS) is 13.2. The lowest BCUT2D eigenvalue weighted by Gasteiger charge is -2.28. The smallest absolute Gasteiger partial charge is 0.224 e. The molecule has 0 aliphatic carbocycles. The summed E-state index contributed by atoms with van der Waals surface area (Å²) in [4.78, 5) is 11.9. The molecule has 0 bridgehead atoms. The van der Waals surface area contributed by atoms with Gasteiger partial charge in [0.15, 0.2) is 0 Å². The van der Waals surface area contributed by atoms with Gasteiger partial charge in [0.1, 0.15) is 0 Å². The molecular weight excluding hydrogens is 210 g/mol. The zero-order chi connectivity index (χ0) is 13.1. The van der Waals surface area contributed by atoms with Crippen molar-refractivity contribution in [3.8, 4) is 0 Å². The Kier molecular flexibility index (Phi) is 4.33. The predicted octanol–water partition coefficient (Wildman–Crippen LogP) is 3.09. The maximum absolute atomic E-state index is 11.9. The maximum atomic E-state index is 11.9. The Morgan fingerprint density at radius 1 is 1.29 bits per heavy atom. The summed E-state index contributed by atoms with van der Waals surface area (Å²) < 4.78 is 0. The standard InChI is InChI=1S/C15H23NO/c1-11-8-6-7-9-13(11)10-14(17)16-12(2)15(3,4)5/h6-9,12H,10H2,1-5H3,(H,16,17). The molecule has 0 aromatic heterocycles. The Morgan fingerprint density at radius 2 is 1.88 bits per heavy atom. The number of carbonyl (C=O) groups is 1. The molecule has 1 atom stereocenters. The minimum absolute atomic E-state index is 0.0986. The summed E-state index contributed by atoms with van der Waals surface area (Å²) in [6.07, 6.45) is 0.465. The molecule has 1 N–H and O–H groups in total. The first-order chi connectivity index (χ1) is 7.80. The van der Waals surface area contributed by atoms with Gasteiger partial charge in [-0.2, -0.15) is 0 Å². The van der Waals surface area contributed by atoms with Crippen molar-refractivity contribution in [1.82, 2.24) is 5.32 Å². The molecule has 0 fully saturated rings. The molecular formula is C15H23NO. The van der Waals surface area contributed by atoms with Crippen LogP contribution in [0.1, 0.15) is 38.8 Å². The third kappa shape index (κ3) is 4.22. The molecule has 0 saturated carbocycles. The van der Waals surface area contributed by atoms with E-state index in [4.69, 9.17) is 0 Å². The largest absolute Gasteiger partial charge is 0.353 e. The molecule has 0 saturated heterocycles. The fourth-order valence-corrected chi connectivity index (χ4v) is 1.49. The predicted molar refractivity (Wildman–Crippen MR) is 71.9 cm³/mol. The highest BCUT2D eigenvalue weighted by molar-refractivity contribution is 5.79. The Bertz CT molecular complexity index is 390. The van der Waals surface area contributed by atoms with Gasteiger partial charge in [0.25, 0.3) is 0 Å². The van der Waals surface area contributed by atoms with Gasteiger partial charge in [0.2, 0.25) is 5.91 Å². The molecule has 2 nitrogen and oxygen atoms in total. The molecule has 0 heterocycles. The molecule has 17 heavy (non-hydrogen) atoms. The van der Waals surface area contributed by atoms with Gasteiger partial charge in [0.05, 0.1) is 6.42 Å². The van der Waals surface area contributed by atoms with Crippen LogP contribution in [-0.4, -0.2) is 11.9 Å². The van der Waals surface area contributed by atoms with E-state index in [1.807, 2.05) is 31.2 Å². The molecule has 1 aromatic rings. The zero-order valence-electron chi connectivity index (χ0n) is 11.5. The van der Waals surface area contributed by atoms with Crippen molar-refractivity contribution in [3.05, 3.63) is 35.4 Å². The highest BCUT2D eigenvalue weighted by Crippen LogP contribution is 2.18. The Hall–Kier alpha value is -1.31. The lowest BCUT2D eigenvalue weighted by Crippen LogP contribution is -2.42. The zero-order valence-corrected chi connectivity index (χ0v) is 11.5. The molecule has 1 unspecified atom stereocenters. The first kappa shape index (κ1) is 13.8. The lowest BCUT2D eigenvalue weighted by molar-refractivity contribution is -0.121. The van der Waals surface area contributed by atoms with Crippen LogP contribution in [0.2, 0.25) is 0 Å². The van der Waals surface area contributed by atoms with Crippen LogP contribution in [0, 0.1) is 12.3 Å². The van der Waals surface area contributed by atoms with Crippen molar-refractivity contribution >= 4 is 5.91 Å². The SMILES string of the molecule is Cc1ccccc1CC(=O)NC(C)C(C)(C)C. The summed E-state index contributed by atoms with van der Waals surface area (Å²) in [6, 6.07) is 8.20. The van der Waals surface area contributed by atoms with Crippen LogP contribution in [0.3, 0.4) is 0 Å². The Morgan fingerprint density at radius 3 is 2.41 bits per heavy atom. The van der Waals surface area contributed by atoms with Crippen LogP contribution in [0.5, 0.6) is 0 Å². The molecule has 0 aliphatic heterocycles. The van der Waals surface area contributed by atoms with Crippen molar-refractivity contribution in [2.75, 3.05) is 0 Å². The fraction of sp³-hybridized carbons (Fsp3) is 0.533. The first-order valence-electron chi connectivity index (χ1n) is 6.14. The van der Waals surface area contributed by atoms with E-state index >= 15 is 0 Å². The average molecular weight is 233 g/mol. The van der Waals surface area contributed by atoms with Crippen molar-refractivity contribution in [2.45, 2.75) is 47.1 Å². The number of hydrogen-bond donors (Lipinski definition) is 1.